The molecule has 1 aromatic rings. The van der Waals surface area contributed by atoms with Gasteiger partial charge in [-0.1, -0.05) is 44.2 Å². The van der Waals surface area contributed by atoms with Crippen LogP contribution in [0.3, 0.4) is 0 Å². The minimum absolute atomic E-state index is 0.0367. The molecule has 0 saturated carbocycles. The maximum atomic E-state index is 12.5. The number of amides is 2. The number of carbonyl (C=O) groups is 3. The van der Waals surface area contributed by atoms with E-state index in [2.05, 4.69) is 10.6 Å². The van der Waals surface area contributed by atoms with Crippen molar-refractivity contribution in [2.24, 2.45) is 5.92 Å². The molecule has 8 nitrogen and oxygen atoms in total. The summed E-state index contributed by atoms with van der Waals surface area (Å²) < 4.78 is 28.2. The fraction of sp³-hybridized carbons (Fsp3) is 0.550. The molecule has 0 aliphatic carbocycles. The molecule has 1 heterocycles. The zero-order valence-electron chi connectivity index (χ0n) is 16.9. The minimum Gasteiger partial charge on any atom is -0.451 e. The predicted octanol–water partition coefficient (Wildman–Crippen LogP) is 0.605. The van der Waals surface area contributed by atoms with Gasteiger partial charge in [-0.2, -0.15) is 0 Å². The number of benzene rings is 1. The summed E-state index contributed by atoms with van der Waals surface area (Å²) in [4.78, 5) is 37.0. The van der Waals surface area contributed by atoms with E-state index in [0.29, 0.717) is 6.42 Å². The van der Waals surface area contributed by atoms with Crippen molar-refractivity contribution in [1.29, 1.82) is 0 Å². The van der Waals surface area contributed by atoms with Crippen LogP contribution in [0.25, 0.3) is 0 Å². The molecule has 1 saturated heterocycles. The van der Waals surface area contributed by atoms with Gasteiger partial charge < -0.3 is 15.4 Å². The average molecular weight is 425 g/mol. The van der Waals surface area contributed by atoms with Crippen molar-refractivity contribution in [2.75, 3.05) is 11.5 Å². The second-order valence-electron chi connectivity index (χ2n) is 7.64. The summed E-state index contributed by atoms with van der Waals surface area (Å²) in [5.74, 6) is -1.89. The quantitative estimate of drug-likeness (QED) is 0.590. The minimum atomic E-state index is -3.12. The topological polar surface area (TPSA) is 119 Å². The van der Waals surface area contributed by atoms with Crippen LogP contribution < -0.4 is 10.6 Å². The Morgan fingerprint density at radius 3 is 2.34 bits per heavy atom. The highest BCUT2D eigenvalue weighted by molar-refractivity contribution is 7.91. The van der Waals surface area contributed by atoms with E-state index in [1.807, 2.05) is 30.3 Å². The average Bonchev–Trinajstić information content (AvgIpc) is 2.98. The van der Waals surface area contributed by atoms with E-state index in [-0.39, 0.29) is 29.8 Å². The van der Waals surface area contributed by atoms with Crippen LogP contribution in [0.5, 0.6) is 0 Å². The van der Waals surface area contributed by atoms with Crippen LogP contribution >= 0.6 is 0 Å². The lowest BCUT2D eigenvalue weighted by Gasteiger charge is -2.23. The number of hydrogen-bond donors (Lipinski definition) is 2. The van der Waals surface area contributed by atoms with Gasteiger partial charge in [0.05, 0.1) is 17.9 Å². The molecule has 0 bridgehead atoms. The number of ether oxygens (including phenoxy) is 1. The van der Waals surface area contributed by atoms with Crippen molar-refractivity contribution in [3.05, 3.63) is 35.9 Å². The summed E-state index contributed by atoms with van der Waals surface area (Å²) in [6, 6.07) is 7.77. The van der Waals surface area contributed by atoms with Crippen molar-refractivity contribution < 1.29 is 27.5 Å². The molecule has 29 heavy (non-hydrogen) atoms. The maximum Gasteiger partial charge on any atom is 0.329 e. The molecule has 1 fully saturated rings. The molecule has 2 amide bonds. The smallest absolute Gasteiger partial charge is 0.329 e. The van der Waals surface area contributed by atoms with Crippen LogP contribution in [-0.2, 0) is 35.4 Å². The SMILES string of the molecule is CC(C)[C@H](NC(=O)Cc1ccccc1)C(=O)O[C@@H](C)C(=O)N[C@H]1CCS(=O)(=O)C1. The van der Waals surface area contributed by atoms with Gasteiger partial charge in [0.2, 0.25) is 5.91 Å². The largest absolute Gasteiger partial charge is 0.451 e. The van der Waals surface area contributed by atoms with Crippen LogP contribution in [0.2, 0.25) is 0 Å². The molecule has 2 N–H and O–H groups in total. The summed E-state index contributed by atoms with van der Waals surface area (Å²) in [6.45, 7) is 4.95. The van der Waals surface area contributed by atoms with E-state index in [1.165, 1.54) is 6.92 Å². The molecule has 0 radical (unpaired) electrons. The molecule has 0 aromatic heterocycles. The second kappa shape index (κ2) is 9.87. The number of nitrogens with one attached hydrogen (secondary N) is 2. The van der Waals surface area contributed by atoms with Gasteiger partial charge in [-0.25, -0.2) is 13.2 Å². The van der Waals surface area contributed by atoms with E-state index >= 15 is 0 Å². The Morgan fingerprint density at radius 2 is 1.79 bits per heavy atom. The lowest BCUT2D eigenvalue weighted by Crippen LogP contribution is -2.49. The van der Waals surface area contributed by atoms with Crippen molar-refractivity contribution in [1.82, 2.24) is 10.6 Å². The van der Waals surface area contributed by atoms with E-state index in [4.69, 9.17) is 4.74 Å². The number of esters is 1. The Hall–Kier alpha value is -2.42. The number of carbonyl (C=O) groups excluding carboxylic acids is 3. The first-order valence-corrected chi connectivity index (χ1v) is 11.4. The molecule has 1 aliphatic heterocycles. The molecule has 0 spiro atoms. The van der Waals surface area contributed by atoms with E-state index in [9.17, 15) is 22.8 Å². The van der Waals surface area contributed by atoms with Crippen LogP contribution in [0.1, 0.15) is 32.8 Å². The second-order valence-corrected chi connectivity index (χ2v) is 9.87. The Kier molecular flexibility index (Phi) is 7.78. The Morgan fingerprint density at radius 1 is 1.14 bits per heavy atom. The molecule has 9 heteroatoms. The van der Waals surface area contributed by atoms with E-state index in [0.717, 1.165) is 5.56 Å². The van der Waals surface area contributed by atoms with Crippen molar-refractivity contribution in [3.63, 3.8) is 0 Å². The highest BCUT2D eigenvalue weighted by atomic mass is 32.2. The summed E-state index contributed by atoms with van der Waals surface area (Å²) in [7, 11) is -3.12. The van der Waals surface area contributed by atoms with Crippen molar-refractivity contribution >= 4 is 27.6 Å². The van der Waals surface area contributed by atoms with Crippen LogP contribution in [-0.4, -0.2) is 55.9 Å². The fourth-order valence-electron chi connectivity index (χ4n) is 3.03. The van der Waals surface area contributed by atoms with Crippen molar-refractivity contribution in [2.45, 2.75) is 51.8 Å². The van der Waals surface area contributed by atoms with Gasteiger partial charge in [-0.15, -0.1) is 0 Å². The van der Waals surface area contributed by atoms with Gasteiger partial charge in [-0.3, -0.25) is 9.59 Å². The van der Waals surface area contributed by atoms with Gasteiger partial charge in [0.25, 0.3) is 5.91 Å². The maximum absolute atomic E-state index is 12.5. The first kappa shape index (κ1) is 22.9. The third kappa shape index (κ3) is 7.16. The standard InChI is InChI=1S/C20H28N2O6S/c1-13(2)18(22-17(23)11-15-7-5-4-6-8-15)20(25)28-14(3)19(24)21-16-9-10-29(26,27)12-16/h4-8,13-14,16,18H,9-12H2,1-3H3,(H,21,24)(H,22,23)/t14-,16-,18-/m0/s1. The van der Waals surface area contributed by atoms with Gasteiger partial charge in [0, 0.05) is 6.04 Å². The molecule has 0 unspecified atom stereocenters. The van der Waals surface area contributed by atoms with Gasteiger partial charge in [0.15, 0.2) is 15.9 Å². The first-order valence-electron chi connectivity index (χ1n) is 9.62. The number of sulfone groups is 1. The molecule has 1 aliphatic rings. The van der Waals surface area contributed by atoms with E-state index in [1.54, 1.807) is 13.8 Å². The van der Waals surface area contributed by atoms with Crippen LogP contribution in [0.4, 0.5) is 0 Å². The lowest BCUT2D eigenvalue weighted by atomic mass is 10.0. The summed E-state index contributed by atoms with van der Waals surface area (Å²) in [6.07, 6.45) is -0.624. The molecule has 3 atom stereocenters. The molecular weight excluding hydrogens is 396 g/mol. The fourth-order valence-corrected chi connectivity index (χ4v) is 4.71. The van der Waals surface area contributed by atoms with E-state index < -0.39 is 39.9 Å². The number of rotatable bonds is 8. The van der Waals surface area contributed by atoms with Crippen molar-refractivity contribution in [3.8, 4) is 0 Å². The summed E-state index contributed by atoms with van der Waals surface area (Å²) in [5, 5.41) is 5.27. The number of hydrogen-bond acceptors (Lipinski definition) is 6. The summed E-state index contributed by atoms with van der Waals surface area (Å²) in [5.41, 5.74) is 0.820. The Labute approximate surface area is 171 Å². The third-order valence-corrected chi connectivity index (χ3v) is 6.45. The Bertz CT molecular complexity index is 838. The molecule has 2 rings (SSSR count). The van der Waals surface area contributed by atoms with Crippen LogP contribution in [0.15, 0.2) is 30.3 Å². The normalized spacial score (nSPS) is 19.9. The van der Waals surface area contributed by atoms with Crippen LogP contribution in [0, 0.1) is 5.92 Å². The molecule has 1 aromatic carbocycles. The van der Waals surface area contributed by atoms with Gasteiger partial charge >= 0.3 is 5.97 Å². The first-order chi connectivity index (χ1) is 13.6. The molecular formula is C20H28N2O6S. The Balaban J connectivity index is 1.89. The van der Waals surface area contributed by atoms with Gasteiger partial charge in [0.1, 0.15) is 6.04 Å². The molecule has 160 valence electrons. The monoisotopic (exact) mass is 424 g/mol. The predicted molar refractivity (Wildman–Crippen MR) is 108 cm³/mol. The zero-order valence-corrected chi connectivity index (χ0v) is 17.7. The summed E-state index contributed by atoms with van der Waals surface area (Å²) >= 11 is 0. The highest BCUT2D eigenvalue weighted by Crippen LogP contribution is 2.12. The lowest BCUT2D eigenvalue weighted by molar-refractivity contribution is -0.158. The van der Waals surface area contributed by atoms with Gasteiger partial charge in [-0.05, 0) is 24.8 Å². The highest BCUT2D eigenvalue weighted by Gasteiger charge is 2.32. The third-order valence-electron chi connectivity index (χ3n) is 4.69. The zero-order chi connectivity index (χ0) is 21.6.